The third kappa shape index (κ3) is 2.34. The molecule has 2 aromatic carbocycles. The van der Waals surface area contributed by atoms with Crippen LogP contribution >= 0.6 is 0 Å². The van der Waals surface area contributed by atoms with Gasteiger partial charge in [0, 0.05) is 11.6 Å². The summed E-state index contributed by atoms with van der Waals surface area (Å²) in [5, 5.41) is 0.988. The Morgan fingerprint density at radius 3 is 2.30 bits per heavy atom. The molecule has 0 aliphatic heterocycles. The molecule has 20 heavy (non-hydrogen) atoms. The van der Waals surface area contributed by atoms with Gasteiger partial charge in [-0.2, -0.15) is 0 Å². The topological polar surface area (TPSA) is 39.1 Å². The monoisotopic (exact) mass is 285 g/mol. The first kappa shape index (κ1) is 12.9. The van der Waals surface area contributed by atoms with Gasteiger partial charge in [-0.1, -0.05) is 48.5 Å². The maximum absolute atomic E-state index is 11.9. The molecule has 4 heteroatoms. The average Bonchev–Trinajstić information content (AvgIpc) is 2.79. The van der Waals surface area contributed by atoms with Gasteiger partial charge in [0.1, 0.15) is 0 Å². The van der Waals surface area contributed by atoms with E-state index in [1.807, 2.05) is 54.6 Å². The molecule has 1 heterocycles. The predicted molar refractivity (Wildman–Crippen MR) is 81.4 cm³/mol. The molecule has 0 aliphatic carbocycles. The van der Waals surface area contributed by atoms with Crippen LogP contribution in [0.4, 0.5) is 0 Å². The molecule has 0 bridgehead atoms. The molecule has 0 aliphatic rings. The summed E-state index contributed by atoms with van der Waals surface area (Å²) in [7, 11) is -3.28. The molecule has 3 aromatic rings. The Morgan fingerprint density at radius 1 is 0.950 bits per heavy atom. The highest BCUT2D eigenvalue weighted by atomic mass is 32.2. The standard InChI is InChI=1S/C16H15NO2S/c1-20(18,19)17-12-14(11-13-7-3-2-4-8-13)15-9-5-6-10-16(15)17/h2-10,12H,11H2,1H3. The highest BCUT2D eigenvalue weighted by Gasteiger charge is 2.14. The van der Waals surface area contributed by atoms with E-state index in [1.54, 1.807) is 6.20 Å². The SMILES string of the molecule is CS(=O)(=O)n1cc(Cc2ccccc2)c2ccccc21. The second kappa shape index (κ2) is 4.80. The Hall–Kier alpha value is -2.07. The molecule has 0 atom stereocenters. The van der Waals surface area contributed by atoms with Crippen molar-refractivity contribution < 1.29 is 8.42 Å². The van der Waals surface area contributed by atoms with Crippen LogP contribution in [0, 0.1) is 0 Å². The highest BCUT2D eigenvalue weighted by Crippen LogP contribution is 2.24. The summed E-state index contributed by atoms with van der Waals surface area (Å²) in [5.74, 6) is 0. The van der Waals surface area contributed by atoms with Crippen molar-refractivity contribution in [2.75, 3.05) is 6.26 Å². The number of benzene rings is 2. The fraction of sp³-hybridized carbons (Fsp3) is 0.125. The van der Waals surface area contributed by atoms with Crippen LogP contribution in [0.1, 0.15) is 11.1 Å². The molecular weight excluding hydrogens is 270 g/mol. The Balaban J connectivity index is 2.17. The molecule has 0 saturated carbocycles. The number of rotatable bonds is 3. The van der Waals surface area contributed by atoms with Crippen LogP contribution in [-0.4, -0.2) is 18.6 Å². The van der Waals surface area contributed by atoms with Crippen LogP contribution < -0.4 is 0 Å². The molecule has 0 saturated heterocycles. The van der Waals surface area contributed by atoms with E-state index >= 15 is 0 Å². The van der Waals surface area contributed by atoms with Crippen molar-refractivity contribution in [2.24, 2.45) is 0 Å². The number of fused-ring (bicyclic) bond motifs is 1. The Bertz CT molecular complexity index is 849. The van der Waals surface area contributed by atoms with Crippen LogP contribution in [0.5, 0.6) is 0 Å². The van der Waals surface area contributed by atoms with E-state index in [9.17, 15) is 8.42 Å². The number of hydrogen-bond acceptors (Lipinski definition) is 2. The summed E-state index contributed by atoms with van der Waals surface area (Å²) in [5.41, 5.74) is 2.93. The zero-order valence-electron chi connectivity index (χ0n) is 11.2. The van der Waals surface area contributed by atoms with Crippen molar-refractivity contribution in [1.29, 1.82) is 0 Å². The minimum atomic E-state index is -3.28. The molecule has 0 radical (unpaired) electrons. The van der Waals surface area contributed by atoms with Crippen LogP contribution in [0.15, 0.2) is 60.8 Å². The minimum absolute atomic E-state index is 0.726. The van der Waals surface area contributed by atoms with Gasteiger partial charge < -0.3 is 0 Å². The smallest absolute Gasteiger partial charge is 0.236 e. The lowest BCUT2D eigenvalue weighted by Gasteiger charge is -2.00. The number of hydrogen-bond donors (Lipinski definition) is 0. The Kier molecular flexibility index (Phi) is 3.10. The van der Waals surface area contributed by atoms with Crippen molar-refractivity contribution in [3.05, 3.63) is 71.9 Å². The van der Waals surface area contributed by atoms with Gasteiger partial charge in [0.15, 0.2) is 0 Å². The predicted octanol–water partition coefficient (Wildman–Crippen LogP) is 3.04. The summed E-state index contributed by atoms with van der Waals surface area (Å²) in [6, 6.07) is 17.7. The lowest BCUT2D eigenvalue weighted by atomic mass is 10.0. The van der Waals surface area contributed by atoms with Gasteiger partial charge >= 0.3 is 0 Å². The van der Waals surface area contributed by atoms with Gasteiger partial charge in [0.25, 0.3) is 0 Å². The minimum Gasteiger partial charge on any atom is -0.245 e. The zero-order valence-corrected chi connectivity index (χ0v) is 12.0. The summed E-state index contributed by atoms with van der Waals surface area (Å²) < 4.78 is 25.1. The highest BCUT2D eigenvalue weighted by molar-refractivity contribution is 7.89. The van der Waals surface area contributed by atoms with Crippen LogP contribution in [0.25, 0.3) is 10.9 Å². The van der Waals surface area contributed by atoms with Crippen LogP contribution in [0.3, 0.4) is 0 Å². The molecule has 0 spiro atoms. The normalized spacial score (nSPS) is 11.8. The molecular formula is C16H15NO2S. The van der Waals surface area contributed by atoms with Gasteiger partial charge in [-0.05, 0) is 23.6 Å². The van der Waals surface area contributed by atoms with Gasteiger partial charge in [0.05, 0.1) is 11.8 Å². The first-order valence-corrected chi connectivity index (χ1v) is 8.24. The Morgan fingerprint density at radius 2 is 1.60 bits per heavy atom. The van der Waals surface area contributed by atoms with E-state index in [0.29, 0.717) is 0 Å². The van der Waals surface area contributed by atoms with Crippen molar-refractivity contribution in [1.82, 2.24) is 3.97 Å². The quantitative estimate of drug-likeness (QED) is 0.742. The van der Waals surface area contributed by atoms with Crippen molar-refractivity contribution in [2.45, 2.75) is 6.42 Å². The van der Waals surface area contributed by atoms with E-state index in [1.165, 1.54) is 15.8 Å². The molecule has 3 rings (SSSR count). The second-order valence-corrected chi connectivity index (χ2v) is 6.75. The maximum Gasteiger partial charge on any atom is 0.236 e. The van der Waals surface area contributed by atoms with Gasteiger partial charge in [-0.25, -0.2) is 12.4 Å². The average molecular weight is 285 g/mol. The third-order valence-electron chi connectivity index (χ3n) is 3.36. The summed E-state index contributed by atoms with van der Waals surface area (Å²) in [6.45, 7) is 0. The van der Waals surface area contributed by atoms with Gasteiger partial charge in [0.2, 0.25) is 10.0 Å². The van der Waals surface area contributed by atoms with E-state index in [4.69, 9.17) is 0 Å². The second-order valence-electron chi connectivity index (χ2n) is 4.89. The summed E-state index contributed by atoms with van der Waals surface area (Å²) >= 11 is 0. The van der Waals surface area contributed by atoms with Gasteiger partial charge in [-0.15, -0.1) is 0 Å². The summed E-state index contributed by atoms with van der Waals surface area (Å²) in [4.78, 5) is 0. The van der Waals surface area contributed by atoms with Crippen molar-refractivity contribution in [3.63, 3.8) is 0 Å². The lowest BCUT2D eigenvalue weighted by Crippen LogP contribution is -2.08. The largest absolute Gasteiger partial charge is 0.245 e. The van der Waals surface area contributed by atoms with Crippen LogP contribution in [-0.2, 0) is 16.4 Å². The fourth-order valence-electron chi connectivity index (χ4n) is 2.45. The molecule has 0 unspecified atom stereocenters. The zero-order chi connectivity index (χ0) is 14.2. The van der Waals surface area contributed by atoms with E-state index in [2.05, 4.69) is 0 Å². The number of nitrogens with zero attached hydrogens (tertiary/aromatic N) is 1. The lowest BCUT2D eigenvalue weighted by molar-refractivity contribution is 0.595. The van der Waals surface area contributed by atoms with Crippen molar-refractivity contribution in [3.8, 4) is 0 Å². The third-order valence-corrected chi connectivity index (χ3v) is 4.37. The molecule has 1 aromatic heterocycles. The molecule has 0 amide bonds. The molecule has 0 N–H and O–H groups in total. The molecule has 3 nitrogen and oxygen atoms in total. The molecule has 102 valence electrons. The summed E-state index contributed by atoms with van der Waals surface area (Å²) in [6.07, 6.45) is 3.68. The first-order valence-electron chi connectivity index (χ1n) is 6.39. The van der Waals surface area contributed by atoms with E-state index < -0.39 is 10.0 Å². The number of aromatic nitrogens is 1. The maximum atomic E-state index is 11.9. The van der Waals surface area contributed by atoms with E-state index in [0.717, 1.165) is 22.9 Å². The Labute approximate surface area is 118 Å². The van der Waals surface area contributed by atoms with Crippen LogP contribution in [0.2, 0.25) is 0 Å². The first-order chi connectivity index (χ1) is 9.55. The van der Waals surface area contributed by atoms with Crippen molar-refractivity contribution >= 4 is 20.9 Å². The number of para-hydroxylation sites is 1. The fourth-order valence-corrected chi connectivity index (χ4v) is 3.28. The van der Waals surface area contributed by atoms with E-state index in [-0.39, 0.29) is 0 Å². The molecule has 0 fully saturated rings. The van der Waals surface area contributed by atoms with Gasteiger partial charge in [-0.3, -0.25) is 0 Å².